The number of hydrogen-bond donors (Lipinski definition) is 4. The molecular formula is C126H97N11O6S3. The van der Waals surface area contributed by atoms with E-state index in [4.69, 9.17) is 39.4 Å². The second kappa shape index (κ2) is 40.8. The van der Waals surface area contributed by atoms with Crippen molar-refractivity contribution in [2.24, 2.45) is 0 Å². The molecule has 4 N–H and O–H groups in total. The molecule has 0 spiro atoms. The topological polar surface area (TPSA) is 217 Å². The van der Waals surface area contributed by atoms with Crippen LogP contribution in [0.3, 0.4) is 0 Å². The van der Waals surface area contributed by atoms with Crippen molar-refractivity contribution in [3.63, 3.8) is 0 Å². The second-order valence-corrected chi connectivity index (χ2v) is 40.5. The first kappa shape index (κ1) is 93.4. The Morgan fingerprint density at radius 1 is 0.253 bits per heavy atom. The van der Waals surface area contributed by atoms with Gasteiger partial charge < -0.3 is 43.6 Å². The van der Waals surface area contributed by atoms with Gasteiger partial charge in [0.15, 0.2) is 23.3 Å². The molecule has 0 radical (unpaired) electrons. The zero-order valence-electron chi connectivity index (χ0n) is 80.8. The summed E-state index contributed by atoms with van der Waals surface area (Å²) >= 11 is 5.18. The van der Waals surface area contributed by atoms with Crippen LogP contribution in [0.5, 0.6) is 34.8 Å². The minimum Gasteiger partial charge on any atom is -0.507 e. The molecule has 0 unspecified atom stereocenters. The van der Waals surface area contributed by atoms with E-state index < -0.39 is 0 Å². The maximum atomic E-state index is 10.6. The fraction of sp³-hybridized carbons (Fsp3) is 0.0794. The molecule has 0 saturated heterocycles. The molecule has 0 aliphatic rings. The fourth-order valence-electron chi connectivity index (χ4n) is 19.1. The van der Waals surface area contributed by atoms with E-state index in [0.717, 1.165) is 110 Å². The number of aromatic nitrogens is 11. The van der Waals surface area contributed by atoms with E-state index >= 15 is 0 Å². The van der Waals surface area contributed by atoms with Crippen LogP contribution in [0, 0.1) is 0 Å². The third kappa shape index (κ3) is 18.8. The molecule has 25 rings (SSSR count). The van der Waals surface area contributed by atoms with Crippen LogP contribution < -0.4 is 9.47 Å². The number of benzene rings is 17. The lowest BCUT2D eigenvalue weighted by Gasteiger charge is -2.14. The molecule has 8 aromatic heterocycles. The number of aromatic hydroxyl groups is 4. The van der Waals surface area contributed by atoms with Gasteiger partial charge in [-0.1, -0.05) is 289 Å². The monoisotopic (exact) mass is 1960 g/mol. The minimum absolute atomic E-state index is 0.0451. The summed E-state index contributed by atoms with van der Waals surface area (Å²) in [5, 5.41) is 56.4. The number of thioether (sulfide) groups is 2. The van der Waals surface area contributed by atoms with Gasteiger partial charge in [-0.05, 0) is 181 Å². The first-order valence-corrected chi connectivity index (χ1v) is 51.0. The van der Waals surface area contributed by atoms with Crippen LogP contribution in [0.2, 0.25) is 0 Å². The van der Waals surface area contributed by atoms with Gasteiger partial charge in [0.25, 0.3) is 0 Å². The summed E-state index contributed by atoms with van der Waals surface area (Å²) < 4.78 is 20.9. The normalized spacial score (nSPS) is 11.5. The summed E-state index contributed by atoms with van der Waals surface area (Å²) in [6.07, 6.45) is -0.0451. The Bertz CT molecular complexity index is 9200. The van der Waals surface area contributed by atoms with Crippen molar-refractivity contribution in [3.8, 4) is 154 Å². The van der Waals surface area contributed by atoms with Crippen LogP contribution in [0.1, 0.15) is 41.5 Å². The highest BCUT2D eigenvalue weighted by molar-refractivity contribution is 8.00. The lowest BCUT2D eigenvalue weighted by atomic mass is 9.96. The zero-order valence-corrected chi connectivity index (χ0v) is 83.3. The average Bonchev–Trinajstić information content (AvgIpc) is 1.56. The van der Waals surface area contributed by atoms with Crippen molar-refractivity contribution in [2.75, 3.05) is 7.11 Å². The molecule has 0 saturated carbocycles. The van der Waals surface area contributed by atoms with Gasteiger partial charge in [0.05, 0.1) is 91.3 Å². The van der Waals surface area contributed by atoms with Crippen LogP contribution in [-0.2, 0) is 0 Å². The summed E-state index contributed by atoms with van der Waals surface area (Å²) in [6.45, 7) is 12.5. The standard InChI is InChI=1S/C33H22N2O2S.C31H25N3O2.2C31H25N3OS/c1-37-31-19-27(34-33(35-31)24-13-7-8-14-28(24)36)26-18-30-32(23-12-6-5-11-22(23)26)25-16-15-21(17-29(25)38-30)20-9-3-2-4-10-20;1-20(2)36-30-19-26(32-31(33-30)24-13-7-9-15-29(24)35)21-16-17-28-25(18-21)23-12-6-8-14-27(23)34(28)22-10-4-3-5-11-22;1-20(2)36-29-19-26(32-31(33-29)25-14-7-9-18-28(25)35)24-16-10-15-23-22-13-6-8-17-27(22)34(30(23)24)21-11-4-3-5-12-21;1-20(2)36-30-19-26(32-31(33-30)25-13-7-9-15-29(25)35)21-16-17-24-23-12-6-8-14-27(23)34(28(24)18-21)22-10-4-3-5-11-22/h2-19,36H,1H3;3*3-20,35H,1-2H3. The number of phenols is 4. The highest BCUT2D eigenvalue weighted by atomic mass is 32.2. The third-order valence-corrected chi connectivity index (χ3v) is 28.4. The van der Waals surface area contributed by atoms with Crippen LogP contribution in [0.15, 0.2) is 429 Å². The molecular weight excluding hydrogens is 1860 g/mol. The Labute approximate surface area is 855 Å². The number of nitrogens with zero attached hydrogens (tertiary/aromatic N) is 11. The second-order valence-electron chi connectivity index (χ2n) is 36.2. The van der Waals surface area contributed by atoms with E-state index in [0.29, 0.717) is 67.8 Å². The zero-order chi connectivity index (χ0) is 99.6. The van der Waals surface area contributed by atoms with Gasteiger partial charge in [-0.3, -0.25) is 0 Å². The van der Waals surface area contributed by atoms with Crippen molar-refractivity contribution in [3.05, 3.63) is 419 Å². The molecule has 20 heteroatoms. The number of methoxy groups -OCH3 is 1. The Hall–Kier alpha value is -17.6. The lowest BCUT2D eigenvalue weighted by Crippen LogP contribution is -2.08. The summed E-state index contributed by atoms with van der Waals surface area (Å²) in [4.78, 5) is 38.4. The van der Waals surface area contributed by atoms with Crippen molar-refractivity contribution in [2.45, 2.75) is 68.2 Å². The van der Waals surface area contributed by atoms with Crippen LogP contribution >= 0.6 is 34.9 Å². The van der Waals surface area contributed by atoms with E-state index in [2.05, 4.69) is 330 Å². The number of ether oxygens (including phenoxy) is 2. The largest absolute Gasteiger partial charge is 0.507 e. The van der Waals surface area contributed by atoms with Crippen molar-refractivity contribution in [1.82, 2.24) is 53.6 Å². The Morgan fingerprint density at radius 3 is 1.16 bits per heavy atom. The maximum absolute atomic E-state index is 10.6. The summed E-state index contributed by atoms with van der Waals surface area (Å²) in [7, 11) is 1.60. The third-order valence-electron chi connectivity index (χ3n) is 25.5. The van der Waals surface area contributed by atoms with E-state index in [1.807, 2.05) is 117 Å². The molecule has 146 heavy (non-hydrogen) atoms. The predicted molar refractivity (Wildman–Crippen MR) is 601 cm³/mol. The van der Waals surface area contributed by atoms with Crippen molar-refractivity contribution < 1.29 is 29.9 Å². The molecule has 25 aromatic rings. The van der Waals surface area contributed by atoms with Crippen molar-refractivity contribution >= 4 is 131 Å². The molecule has 0 aliphatic carbocycles. The molecule has 0 aliphatic heterocycles. The summed E-state index contributed by atoms with van der Waals surface area (Å²) in [5.74, 6) is 3.42. The lowest BCUT2D eigenvalue weighted by molar-refractivity contribution is 0.232. The summed E-state index contributed by atoms with van der Waals surface area (Å²) in [6, 6.07) is 140. The summed E-state index contributed by atoms with van der Waals surface area (Å²) in [5.41, 5.74) is 22.1. The van der Waals surface area contributed by atoms with Crippen molar-refractivity contribution in [1.29, 1.82) is 0 Å². The average molecular weight is 1960 g/mol. The number of fused-ring (bicyclic) bond motifs is 14. The highest BCUT2D eigenvalue weighted by Gasteiger charge is 2.26. The van der Waals surface area contributed by atoms with Crippen LogP contribution in [0.25, 0.3) is 215 Å². The SMILES string of the molecule is CC(C)Oc1cc(-c2ccc3c(c2)c2ccccc2n3-c2ccccc2)nc(-c2ccccc2O)n1.CC(C)Sc1cc(-c2ccc3c4ccccc4n(-c4ccccc4)c3c2)nc(-c2ccccc2O)n1.CC(C)Sc1cc(-c2cccc3c4ccccc4n(-c4ccccc4)c23)nc(-c2ccccc2O)n1.COc1cc(-c2cc3sc4cc(-c5ccccc5)ccc4c3c3ccccc23)nc(-c2ccccc2O)n1. The Morgan fingerprint density at radius 2 is 0.630 bits per heavy atom. The molecule has 0 fully saturated rings. The highest BCUT2D eigenvalue weighted by Crippen LogP contribution is 2.48. The van der Waals surface area contributed by atoms with Gasteiger partial charge in [-0.2, -0.15) is 9.97 Å². The number of para-hydroxylation sites is 11. The van der Waals surface area contributed by atoms with Gasteiger partial charge in [-0.15, -0.1) is 34.9 Å². The van der Waals surface area contributed by atoms with Gasteiger partial charge in [0.1, 0.15) is 33.0 Å². The Balaban J connectivity index is 0.000000111. The molecule has 8 heterocycles. The molecule has 0 amide bonds. The smallest absolute Gasteiger partial charge is 0.217 e. The van der Waals surface area contributed by atoms with E-state index in [1.54, 1.807) is 78.4 Å². The number of rotatable bonds is 19. The van der Waals surface area contributed by atoms with E-state index in [9.17, 15) is 20.4 Å². The van der Waals surface area contributed by atoms with Gasteiger partial charge in [0.2, 0.25) is 11.8 Å². The molecule has 0 atom stereocenters. The van der Waals surface area contributed by atoms with E-state index in [-0.39, 0.29) is 29.1 Å². The molecule has 0 bridgehead atoms. The van der Waals surface area contributed by atoms with E-state index in [1.165, 1.54) is 69.1 Å². The number of hydrogen-bond acceptors (Lipinski definition) is 17. The Kier molecular flexibility index (Phi) is 26.1. The first-order valence-electron chi connectivity index (χ1n) is 48.4. The number of thiophene rings is 1. The molecule has 17 nitrogen and oxygen atoms in total. The predicted octanol–water partition coefficient (Wildman–Crippen LogP) is 32.3. The van der Waals surface area contributed by atoms with Gasteiger partial charge in [0, 0.05) is 114 Å². The van der Waals surface area contributed by atoms with Crippen LogP contribution in [0.4, 0.5) is 0 Å². The first-order chi connectivity index (χ1) is 71.4. The molecule has 710 valence electrons. The minimum atomic E-state index is -0.0451. The van der Waals surface area contributed by atoms with Crippen LogP contribution in [-0.4, -0.2) is 97.7 Å². The maximum Gasteiger partial charge on any atom is 0.217 e. The molecule has 17 aromatic carbocycles. The fourth-order valence-corrected chi connectivity index (χ4v) is 21.9. The van der Waals surface area contributed by atoms with Gasteiger partial charge in [-0.25, -0.2) is 29.9 Å². The number of phenolic OH excluding ortho intramolecular Hbond substituents is 4. The van der Waals surface area contributed by atoms with Gasteiger partial charge >= 0.3 is 0 Å². The quantitative estimate of drug-likeness (QED) is 0.0437.